The first-order valence-electron chi connectivity index (χ1n) is 12.2. The smallest absolute Gasteiger partial charge is 0.298 e. The van der Waals surface area contributed by atoms with Crippen LogP contribution in [0.2, 0.25) is 0 Å². The maximum Gasteiger partial charge on any atom is 0.298 e. The lowest BCUT2D eigenvalue weighted by atomic mass is 10.1. The molecule has 3 heterocycles. The van der Waals surface area contributed by atoms with E-state index in [0.717, 1.165) is 40.9 Å². The number of pyridine rings is 1. The number of nitrogens with zero attached hydrogens (tertiary/aromatic N) is 5. The summed E-state index contributed by atoms with van der Waals surface area (Å²) in [4.78, 5) is 40.4. The minimum absolute atomic E-state index is 0.230. The van der Waals surface area contributed by atoms with Gasteiger partial charge in [0, 0.05) is 36.8 Å². The van der Waals surface area contributed by atoms with Gasteiger partial charge < -0.3 is 10.2 Å². The maximum absolute atomic E-state index is 12.9. The summed E-state index contributed by atoms with van der Waals surface area (Å²) in [6.07, 6.45) is 7.23. The Labute approximate surface area is 216 Å². The molecule has 4 rings (SSSR count). The van der Waals surface area contributed by atoms with Crippen molar-refractivity contribution in [2.45, 2.75) is 46.6 Å². The Bertz CT molecular complexity index is 1510. The third kappa shape index (κ3) is 5.36. The SMILES string of the molecule is CC#CC(=O)N(C)C(C)c1nc(-c2ccc(C(=O)Nc3cc(CCC)ccn3)cc2)c2c(C)nccn12. The number of hydrogen-bond donors (Lipinski definition) is 1. The van der Waals surface area contributed by atoms with Crippen LogP contribution in [-0.4, -0.2) is 43.1 Å². The van der Waals surface area contributed by atoms with Crippen LogP contribution in [0.5, 0.6) is 0 Å². The van der Waals surface area contributed by atoms with Gasteiger partial charge in [-0.15, -0.1) is 0 Å². The predicted molar refractivity (Wildman–Crippen MR) is 144 cm³/mol. The number of amides is 2. The summed E-state index contributed by atoms with van der Waals surface area (Å²) in [5.74, 6) is 5.97. The molecular formula is C29H30N6O2. The molecule has 1 aromatic carbocycles. The Hall–Kier alpha value is -4.51. The van der Waals surface area contributed by atoms with Crippen LogP contribution in [0, 0.1) is 18.8 Å². The number of carbonyl (C=O) groups is 2. The fraction of sp³-hybridized carbons (Fsp3) is 0.276. The monoisotopic (exact) mass is 494 g/mol. The molecule has 0 bridgehead atoms. The molecule has 0 aliphatic rings. The molecule has 3 aromatic heterocycles. The number of rotatable bonds is 7. The number of aromatic nitrogens is 4. The maximum atomic E-state index is 12.9. The molecule has 0 aliphatic carbocycles. The zero-order valence-corrected chi connectivity index (χ0v) is 21.7. The molecule has 8 nitrogen and oxygen atoms in total. The third-order valence-electron chi connectivity index (χ3n) is 6.30. The summed E-state index contributed by atoms with van der Waals surface area (Å²) < 4.78 is 1.96. The van der Waals surface area contributed by atoms with E-state index in [-0.39, 0.29) is 17.9 Å². The Morgan fingerprint density at radius 3 is 2.59 bits per heavy atom. The zero-order chi connectivity index (χ0) is 26.5. The molecule has 188 valence electrons. The van der Waals surface area contributed by atoms with Crippen LogP contribution in [-0.2, 0) is 11.2 Å². The molecule has 1 N–H and O–H groups in total. The van der Waals surface area contributed by atoms with E-state index >= 15 is 0 Å². The summed E-state index contributed by atoms with van der Waals surface area (Å²) in [5, 5.41) is 2.88. The highest BCUT2D eigenvalue weighted by atomic mass is 16.2. The quantitative estimate of drug-likeness (QED) is 0.371. The van der Waals surface area contributed by atoms with Gasteiger partial charge in [0.15, 0.2) is 0 Å². The van der Waals surface area contributed by atoms with Gasteiger partial charge in [-0.05, 0) is 62.9 Å². The number of nitrogens with one attached hydrogen (secondary N) is 1. The van der Waals surface area contributed by atoms with Crippen molar-refractivity contribution < 1.29 is 9.59 Å². The van der Waals surface area contributed by atoms with Crippen molar-refractivity contribution in [2.75, 3.05) is 12.4 Å². The van der Waals surface area contributed by atoms with E-state index < -0.39 is 0 Å². The largest absolute Gasteiger partial charge is 0.325 e. The molecule has 0 spiro atoms. The summed E-state index contributed by atoms with van der Waals surface area (Å²) in [6, 6.07) is 10.8. The van der Waals surface area contributed by atoms with Crippen LogP contribution in [0.25, 0.3) is 16.8 Å². The number of carbonyl (C=O) groups excluding carboxylic acids is 2. The van der Waals surface area contributed by atoms with Crippen molar-refractivity contribution in [3.8, 4) is 23.1 Å². The first-order valence-corrected chi connectivity index (χ1v) is 12.2. The van der Waals surface area contributed by atoms with Crippen molar-refractivity contribution in [2.24, 2.45) is 0 Å². The van der Waals surface area contributed by atoms with E-state index in [0.29, 0.717) is 17.2 Å². The van der Waals surface area contributed by atoms with Gasteiger partial charge in [0.1, 0.15) is 11.6 Å². The molecular weight excluding hydrogens is 464 g/mol. The molecule has 0 aliphatic heterocycles. The lowest BCUT2D eigenvalue weighted by Gasteiger charge is -2.21. The molecule has 4 aromatic rings. The van der Waals surface area contributed by atoms with Crippen LogP contribution in [0.4, 0.5) is 5.82 Å². The molecule has 0 saturated carbocycles. The topological polar surface area (TPSA) is 92.5 Å². The van der Waals surface area contributed by atoms with E-state index in [2.05, 4.69) is 34.0 Å². The number of imidazole rings is 1. The van der Waals surface area contributed by atoms with E-state index in [1.54, 1.807) is 43.4 Å². The number of aryl methyl sites for hydroxylation is 2. The van der Waals surface area contributed by atoms with Gasteiger partial charge in [0.2, 0.25) is 0 Å². The Kier molecular flexibility index (Phi) is 7.63. The minimum atomic E-state index is -0.322. The molecule has 2 amide bonds. The number of benzene rings is 1. The third-order valence-corrected chi connectivity index (χ3v) is 6.30. The Morgan fingerprint density at radius 1 is 1.14 bits per heavy atom. The molecule has 0 saturated heterocycles. The van der Waals surface area contributed by atoms with E-state index in [4.69, 9.17) is 4.98 Å². The van der Waals surface area contributed by atoms with Gasteiger partial charge in [-0.3, -0.25) is 19.0 Å². The first kappa shape index (κ1) is 25.6. The fourth-order valence-electron chi connectivity index (χ4n) is 4.21. The first-order chi connectivity index (χ1) is 17.8. The van der Waals surface area contributed by atoms with Crippen molar-refractivity contribution in [1.29, 1.82) is 0 Å². The van der Waals surface area contributed by atoms with Crippen molar-refractivity contribution in [3.05, 3.63) is 77.6 Å². The van der Waals surface area contributed by atoms with Crippen LogP contribution in [0.1, 0.15) is 60.7 Å². The molecule has 0 radical (unpaired) electrons. The second-order valence-corrected chi connectivity index (χ2v) is 8.85. The summed E-state index contributed by atoms with van der Waals surface area (Å²) >= 11 is 0. The van der Waals surface area contributed by atoms with Crippen LogP contribution < -0.4 is 5.32 Å². The van der Waals surface area contributed by atoms with Gasteiger partial charge in [-0.25, -0.2) is 9.97 Å². The lowest BCUT2D eigenvalue weighted by molar-refractivity contribution is -0.125. The average molecular weight is 495 g/mol. The van der Waals surface area contributed by atoms with Gasteiger partial charge in [0.25, 0.3) is 11.8 Å². The molecule has 0 fully saturated rings. The van der Waals surface area contributed by atoms with Crippen molar-refractivity contribution >= 4 is 23.1 Å². The average Bonchev–Trinajstić information content (AvgIpc) is 3.29. The molecule has 37 heavy (non-hydrogen) atoms. The van der Waals surface area contributed by atoms with Gasteiger partial charge in [0.05, 0.1) is 22.9 Å². The standard InChI is InChI=1S/C29H30N6O2/c1-6-8-21-14-15-31-24(18-21)32-29(37)23-12-10-22(11-13-23)26-27-19(3)30-16-17-35(27)28(33-26)20(4)34(5)25(36)9-7-2/h10-18,20H,6,8H2,1-5H3,(H,31,32,37). The summed E-state index contributed by atoms with van der Waals surface area (Å²) in [6.45, 7) is 7.59. The minimum Gasteiger partial charge on any atom is -0.325 e. The summed E-state index contributed by atoms with van der Waals surface area (Å²) in [7, 11) is 1.71. The van der Waals surface area contributed by atoms with Gasteiger partial charge in [-0.1, -0.05) is 31.4 Å². The number of anilines is 1. The Morgan fingerprint density at radius 2 is 1.89 bits per heavy atom. The van der Waals surface area contributed by atoms with Gasteiger partial charge >= 0.3 is 0 Å². The van der Waals surface area contributed by atoms with Crippen molar-refractivity contribution in [1.82, 2.24) is 24.3 Å². The zero-order valence-electron chi connectivity index (χ0n) is 21.7. The normalized spacial score (nSPS) is 11.5. The predicted octanol–water partition coefficient (Wildman–Crippen LogP) is 4.85. The van der Waals surface area contributed by atoms with E-state index in [9.17, 15) is 9.59 Å². The fourth-order valence-corrected chi connectivity index (χ4v) is 4.21. The molecule has 1 unspecified atom stereocenters. The molecule has 8 heteroatoms. The van der Waals surface area contributed by atoms with Crippen LogP contribution >= 0.6 is 0 Å². The molecule has 1 atom stereocenters. The highest BCUT2D eigenvalue weighted by Gasteiger charge is 2.24. The van der Waals surface area contributed by atoms with Crippen LogP contribution in [0.3, 0.4) is 0 Å². The summed E-state index contributed by atoms with van der Waals surface area (Å²) in [5.41, 5.74) is 4.89. The second kappa shape index (κ2) is 11.0. The number of fused-ring (bicyclic) bond motifs is 1. The second-order valence-electron chi connectivity index (χ2n) is 8.85. The van der Waals surface area contributed by atoms with E-state index in [1.807, 2.05) is 48.7 Å². The van der Waals surface area contributed by atoms with Gasteiger partial charge in [-0.2, -0.15) is 0 Å². The van der Waals surface area contributed by atoms with Crippen LogP contribution in [0.15, 0.2) is 55.0 Å². The van der Waals surface area contributed by atoms with Crippen molar-refractivity contribution in [3.63, 3.8) is 0 Å². The lowest BCUT2D eigenvalue weighted by Crippen LogP contribution is -2.29. The number of hydrogen-bond acceptors (Lipinski definition) is 5. The highest BCUT2D eigenvalue weighted by molar-refractivity contribution is 6.04. The van der Waals surface area contributed by atoms with E-state index in [1.165, 1.54) is 0 Å². The Balaban J connectivity index is 1.64. The highest BCUT2D eigenvalue weighted by Crippen LogP contribution is 2.30.